The molecule has 0 bridgehead atoms. The number of aromatic nitrogens is 3. The molecule has 2 atom stereocenters. The summed E-state index contributed by atoms with van der Waals surface area (Å²) in [6, 6.07) is 5.06. The molecule has 160 valence electrons. The van der Waals surface area contributed by atoms with Crippen molar-refractivity contribution >= 4 is 22.5 Å². The summed E-state index contributed by atoms with van der Waals surface area (Å²) in [7, 11) is 0. The fourth-order valence-corrected chi connectivity index (χ4v) is 3.72. The first kappa shape index (κ1) is 22.2. The molecule has 3 rings (SSSR count). The van der Waals surface area contributed by atoms with E-state index in [2.05, 4.69) is 15.0 Å². The minimum absolute atomic E-state index is 0.158. The number of hydrogen-bond donors (Lipinski definition) is 2. The highest BCUT2D eigenvalue weighted by atomic mass is 35.5. The van der Waals surface area contributed by atoms with Crippen LogP contribution in [0.4, 0.5) is 13.2 Å². The fourth-order valence-electron chi connectivity index (χ4n) is 3.57. The van der Waals surface area contributed by atoms with Crippen LogP contribution in [0.2, 0.25) is 5.15 Å². The number of H-pyrrole nitrogens is 1. The normalized spacial score (nSPS) is 14.1. The van der Waals surface area contributed by atoms with Crippen molar-refractivity contribution in [3.63, 3.8) is 0 Å². The van der Waals surface area contributed by atoms with Gasteiger partial charge in [0.15, 0.2) is 0 Å². The number of nitrogens with two attached hydrogens (primary N) is 1. The number of rotatable bonds is 6. The summed E-state index contributed by atoms with van der Waals surface area (Å²) in [4.78, 5) is 23.4. The van der Waals surface area contributed by atoms with Crippen LogP contribution in [0.3, 0.4) is 0 Å². The Kier molecular flexibility index (Phi) is 6.47. The third-order valence-electron chi connectivity index (χ3n) is 5.12. The van der Waals surface area contributed by atoms with Crippen LogP contribution in [0.5, 0.6) is 0 Å². The van der Waals surface area contributed by atoms with Gasteiger partial charge in [0.1, 0.15) is 11.0 Å². The van der Waals surface area contributed by atoms with Crippen molar-refractivity contribution in [2.75, 3.05) is 0 Å². The molecule has 2 aromatic heterocycles. The maximum atomic E-state index is 13.5. The van der Waals surface area contributed by atoms with E-state index in [9.17, 15) is 18.0 Å². The SMILES string of the molecule is CC(CCCc1c([C@@H](C)N)cccc1C(F)(F)F)c1nc2cnc(Cl)cc2c(=O)[nH]1. The van der Waals surface area contributed by atoms with Gasteiger partial charge in [-0.3, -0.25) is 4.79 Å². The van der Waals surface area contributed by atoms with E-state index in [4.69, 9.17) is 17.3 Å². The number of halogens is 4. The first-order chi connectivity index (χ1) is 14.1. The van der Waals surface area contributed by atoms with Crippen LogP contribution in [0.1, 0.15) is 61.2 Å². The van der Waals surface area contributed by atoms with Crippen molar-refractivity contribution in [2.45, 2.75) is 51.2 Å². The number of nitrogens with one attached hydrogen (secondary N) is 1. The minimum atomic E-state index is -4.44. The molecule has 30 heavy (non-hydrogen) atoms. The highest BCUT2D eigenvalue weighted by molar-refractivity contribution is 6.30. The van der Waals surface area contributed by atoms with Crippen molar-refractivity contribution in [2.24, 2.45) is 5.73 Å². The molecule has 0 fully saturated rings. The molecule has 0 aliphatic carbocycles. The molecule has 0 amide bonds. The van der Waals surface area contributed by atoms with Crippen molar-refractivity contribution in [3.05, 3.63) is 68.5 Å². The van der Waals surface area contributed by atoms with Crippen molar-refractivity contribution in [1.29, 1.82) is 0 Å². The second kappa shape index (κ2) is 8.73. The predicted molar refractivity (Wildman–Crippen MR) is 111 cm³/mol. The Labute approximate surface area is 176 Å². The number of nitrogens with zero attached hydrogens (tertiary/aromatic N) is 2. The molecule has 0 radical (unpaired) electrons. The number of fused-ring (bicyclic) bond motifs is 1. The molecular weight excluding hydrogens is 417 g/mol. The number of hydrogen-bond acceptors (Lipinski definition) is 4. The van der Waals surface area contributed by atoms with Gasteiger partial charge in [0, 0.05) is 12.0 Å². The van der Waals surface area contributed by atoms with Crippen LogP contribution >= 0.6 is 11.6 Å². The van der Waals surface area contributed by atoms with Gasteiger partial charge in [-0.05, 0) is 49.4 Å². The molecule has 5 nitrogen and oxygen atoms in total. The van der Waals surface area contributed by atoms with Gasteiger partial charge >= 0.3 is 6.18 Å². The van der Waals surface area contributed by atoms with Gasteiger partial charge < -0.3 is 10.7 Å². The van der Waals surface area contributed by atoms with Crippen molar-refractivity contribution in [1.82, 2.24) is 15.0 Å². The third-order valence-corrected chi connectivity index (χ3v) is 5.32. The molecule has 0 saturated carbocycles. The van der Waals surface area contributed by atoms with Crippen LogP contribution in [-0.4, -0.2) is 15.0 Å². The molecule has 1 unspecified atom stereocenters. The number of aromatic amines is 1. The summed E-state index contributed by atoms with van der Waals surface area (Å²) < 4.78 is 40.4. The van der Waals surface area contributed by atoms with Gasteiger partial charge in [-0.1, -0.05) is 30.7 Å². The first-order valence-electron chi connectivity index (χ1n) is 9.58. The summed E-state index contributed by atoms with van der Waals surface area (Å²) in [5.41, 5.74) is 6.07. The Bertz CT molecular complexity index is 1110. The first-order valence-corrected chi connectivity index (χ1v) is 9.95. The van der Waals surface area contributed by atoms with Crippen molar-refractivity contribution < 1.29 is 13.2 Å². The van der Waals surface area contributed by atoms with E-state index in [0.717, 1.165) is 6.07 Å². The van der Waals surface area contributed by atoms with Crippen LogP contribution < -0.4 is 11.3 Å². The highest BCUT2D eigenvalue weighted by Gasteiger charge is 2.34. The van der Waals surface area contributed by atoms with Gasteiger partial charge in [-0.2, -0.15) is 13.2 Å². The Balaban J connectivity index is 1.80. The lowest BCUT2D eigenvalue weighted by Gasteiger charge is -2.19. The maximum absolute atomic E-state index is 13.5. The van der Waals surface area contributed by atoms with Gasteiger partial charge in [-0.15, -0.1) is 0 Å². The van der Waals surface area contributed by atoms with E-state index in [1.807, 2.05) is 6.92 Å². The minimum Gasteiger partial charge on any atom is -0.324 e. The Morgan fingerprint density at radius 1 is 1.27 bits per heavy atom. The van der Waals surface area contributed by atoms with Gasteiger partial charge in [-0.25, -0.2) is 9.97 Å². The maximum Gasteiger partial charge on any atom is 0.416 e. The Morgan fingerprint density at radius 3 is 2.67 bits per heavy atom. The zero-order chi connectivity index (χ0) is 22.1. The smallest absolute Gasteiger partial charge is 0.324 e. The molecular formula is C21H22ClF3N4O. The van der Waals surface area contributed by atoms with E-state index >= 15 is 0 Å². The fraction of sp³-hybridized carbons (Fsp3) is 0.381. The van der Waals surface area contributed by atoms with E-state index < -0.39 is 17.8 Å². The molecule has 3 aromatic rings. The molecule has 0 spiro atoms. The highest BCUT2D eigenvalue weighted by Crippen LogP contribution is 2.36. The van der Waals surface area contributed by atoms with E-state index in [-0.39, 0.29) is 28.6 Å². The summed E-state index contributed by atoms with van der Waals surface area (Å²) in [6.07, 6.45) is -1.76. The average Bonchev–Trinajstić information content (AvgIpc) is 2.67. The molecule has 2 heterocycles. The van der Waals surface area contributed by atoms with Crippen LogP contribution in [0.15, 0.2) is 35.3 Å². The summed E-state index contributed by atoms with van der Waals surface area (Å²) in [5, 5.41) is 0.537. The van der Waals surface area contributed by atoms with Crippen LogP contribution in [0, 0.1) is 0 Å². The second-order valence-corrected chi connectivity index (χ2v) is 7.82. The standard InChI is InChI=1S/C21H22ClF3N4O/c1-11(19-28-17-10-27-18(22)9-15(17)20(30)29-19)5-3-7-14-13(12(2)26)6-4-8-16(14)21(23,24)25/h4,6,8-12H,3,5,7,26H2,1-2H3,(H,28,29,30)/t11?,12-/m1/s1. The molecule has 1 aromatic carbocycles. The van der Waals surface area contributed by atoms with Gasteiger partial charge in [0.05, 0.1) is 22.7 Å². The van der Waals surface area contributed by atoms with Gasteiger partial charge in [0.2, 0.25) is 0 Å². The van der Waals surface area contributed by atoms with E-state index in [1.165, 1.54) is 18.3 Å². The number of pyridine rings is 1. The van der Waals surface area contributed by atoms with Crippen LogP contribution in [0.25, 0.3) is 10.9 Å². The summed E-state index contributed by atoms with van der Waals surface area (Å²) in [6.45, 7) is 3.54. The average molecular weight is 439 g/mol. The Morgan fingerprint density at radius 2 is 2.00 bits per heavy atom. The zero-order valence-electron chi connectivity index (χ0n) is 16.6. The van der Waals surface area contributed by atoms with Gasteiger partial charge in [0.25, 0.3) is 5.56 Å². The third kappa shape index (κ3) is 4.82. The largest absolute Gasteiger partial charge is 0.416 e. The Hall–Kier alpha value is -2.45. The number of alkyl halides is 3. The number of benzene rings is 1. The molecule has 0 saturated heterocycles. The lowest BCUT2D eigenvalue weighted by Crippen LogP contribution is -2.16. The van der Waals surface area contributed by atoms with E-state index in [1.54, 1.807) is 13.0 Å². The summed E-state index contributed by atoms with van der Waals surface area (Å²) in [5.74, 6) is 0.308. The quantitative estimate of drug-likeness (QED) is 0.522. The second-order valence-electron chi connectivity index (χ2n) is 7.43. The predicted octanol–water partition coefficient (Wildman–Crippen LogP) is 5.14. The zero-order valence-corrected chi connectivity index (χ0v) is 17.3. The van der Waals surface area contributed by atoms with Crippen molar-refractivity contribution in [3.8, 4) is 0 Å². The van der Waals surface area contributed by atoms with E-state index in [0.29, 0.717) is 35.1 Å². The lowest BCUT2D eigenvalue weighted by molar-refractivity contribution is -0.138. The lowest BCUT2D eigenvalue weighted by atomic mass is 9.91. The molecule has 9 heteroatoms. The topological polar surface area (TPSA) is 84.7 Å². The molecule has 3 N–H and O–H groups in total. The monoisotopic (exact) mass is 438 g/mol. The molecule has 0 aliphatic rings. The summed E-state index contributed by atoms with van der Waals surface area (Å²) >= 11 is 5.82. The van der Waals surface area contributed by atoms with Crippen LogP contribution in [-0.2, 0) is 12.6 Å². The molecule has 0 aliphatic heterocycles.